The molecule has 14 heavy (non-hydrogen) atoms. The monoisotopic (exact) mass is 208 g/mol. The second-order valence-electron chi connectivity index (χ2n) is 3.01. The number of fused-ring (bicyclic) bond motifs is 1. The van der Waals surface area contributed by atoms with Gasteiger partial charge in [0.15, 0.2) is 11.5 Å². The lowest BCUT2D eigenvalue weighted by Crippen LogP contribution is -2.15. The maximum absolute atomic E-state index is 11.7. The van der Waals surface area contributed by atoms with Crippen LogP contribution >= 0.6 is 11.3 Å². The van der Waals surface area contributed by atoms with Crippen molar-refractivity contribution in [2.45, 2.75) is 6.92 Å². The topological polar surface area (TPSA) is 43.4 Å². The molecule has 0 spiro atoms. The zero-order valence-corrected chi connectivity index (χ0v) is 8.60. The molecule has 0 radical (unpaired) electrons. The van der Waals surface area contributed by atoms with Crippen molar-refractivity contribution in [2.75, 3.05) is 7.11 Å². The van der Waals surface area contributed by atoms with Crippen molar-refractivity contribution >= 4 is 22.9 Å². The van der Waals surface area contributed by atoms with E-state index in [0.717, 1.165) is 4.88 Å². The Morgan fingerprint density at radius 3 is 2.71 bits per heavy atom. The van der Waals surface area contributed by atoms with Crippen LogP contribution < -0.4 is 0 Å². The third kappa shape index (κ3) is 1.19. The van der Waals surface area contributed by atoms with Crippen molar-refractivity contribution < 1.29 is 14.3 Å². The summed E-state index contributed by atoms with van der Waals surface area (Å²) in [6.45, 7) is 1.87. The van der Waals surface area contributed by atoms with Crippen molar-refractivity contribution in [1.29, 1.82) is 0 Å². The molecule has 1 aromatic heterocycles. The summed E-state index contributed by atoms with van der Waals surface area (Å²) < 4.78 is 4.84. The van der Waals surface area contributed by atoms with E-state index in [1.54, 1.807) is 6.07 Å². The van der Waals surface area contributed by atoms with Crippen molar-refractivity contribution in [1.82, 2.24) is 0 Å². The van der Waals surface area contributed by atoms with Crippen LogP contribution in [-0.2, 0) is 4.74 Å². The van der Waals surface area contributed by atoms with E-state index in [1.807, 2.05) is 6.92 Å². The van der Waals surface area contributed by atoms with E-state index in [-0.39, 0.29) is 17.3 Å². The third-order valence-electron chi connectivity index (χ3n) is 2.03. The molecule has 0 saturated carbocycles. The highest BCUT2D eigenvalue weighted by molar-refractivity contribution is 7.14. The maximum Gasteiger partial charge on any atom is 0.229 e. The first-order chi connectivity index (χ1) is 6.63. The van der Waals surface area contributed by atoms with Gasteiger partial charge in [-0.15, -0.1) is 11.3 Å². The predicted molar refractivity (Wildman–Crippen MR) is 52.8 cm³/mol. The summed E-state index contributed by atoms with van der Waals surface area (Å²) in [4.78, 5) is 24.7. The summed E-state index contributed by atoms with van der Waals surface area (Å²) in [6, 6.07) is 1.73. The van der Waals surface area contributed by atoms with Crippen LogP contribution in [0.5, 0.6) is 0 Å². The Labute approximate surface area is 85.0 Å². The van der Waals surface area contributed by atoms with Crippen molar-refractivity contribution in [2.24, 2.45) is 0 Å². The Hall–Kier alpha value is -1.42. The van der Waals surface area contributed by atoms with E-state index in [9.17, 15) is 9.59 Å². The highest BCUT2D eigenvalue weighted by Gasteiger charge is 2.28. The lowest BCUT2D eigenvalue weighted by atomic mass is 10.0. The molecule has 0 saturated heterocycles. The van der Waals surface area contributed by atoms with Gasteiger partial charge in [0.25, 0.3) is 0 Å². The Kier molecular flexibility index (Phi) is 2.00. The minimum Gasteiger partial charge on any atom is -0.492 e. The fraction of sp³-hybridized carbons (Fsp3) is 0.200. The number of ketones is 2. The first-order valence-electron chi connectivity index (χ1n) is 4.08. The van der Waals surface area contributed by atoms with Gasteiger partial charge in [-0.1, -0.05) is 0 Å². The lowest BCUT2D eigenvalue weighted by Gasteiger charge is -2.09. The molecule has 1 aliphatic rings. The minimum atomic E-state index is -0.202. The van der Waals surface area contributed by atoms with Crippen LogP contribution in [0.15, 0.2) is 17.9 Å². The zero-order valence-electron chi connectivity index (χ0n) is 7.79. The van der Waals surface area contributed by atoms with Crippen LogP contribution in [0.1, 0.15) is 24.9 Å². The first-order valence-corrected chi connectivity index (χ1v) is 4.90. The van der Waals surface area contributed by atoms with Gasteiger partial charge >= 0.3 is 0 Å². The second-order valence-corrected chi connectivity index (χ2v) is 4.26. The molecule has 0 fully saturated rings. The van der Waals surface area contributed by atoms with Gasteiger partial charge in [0.05, 0.1) is 12.0 Å². The molecule has 1 heterocycles. The van der Waals surface area contributed by atoms with Crippen LogP contribution in [0.2, 0.25) is 0 Å². The number of carbonyl (C=O) groups is 2. The number of thiophene rings is 1. The Balaban J connectivity index is 2.59. The average molecular weight is 208 g/mol. The van der Waals surface area contributed by atoms with E-state index in [2.05, 4.69) is 0 Å². The van der Waals surface area contributed by atoms with Crippen LogP contribution in [0.4, 0.5) is 0 Å². The Morgan fingerprint density at radius 1 is 1.36 bits per heavy atom. The molecule has 2 rings (SSSR count). The molecule has 0 aliphatic heterocycles. The average Bonchev–Trinajstić information content (AvgIpc) is 2.54. The van der Waals surface area contributed by atoms with Crippen molar-refractivity contribution in [3.63, 3.8) is 0 Å². The number of carbonyl (C=O) groups excluding carboxylic acids is 2. The fourth-order valence-corrected chi connectivity index (χ4v) is 2.32. The van der Waals surface area contributed by atoms with Gasteiger partial charge in [0, 0.05) is 16.5 Å². The van der Waals surface area contributed by atoms with Crippen LogP contribution in [0, 0.1) is 6.92 Å². The number of ether oxygens (including phenoxy) is 1. The van der Waals surface area contributed by atoms with Gasteiger partial charge in [-0.3, -0.25) is 9.59 Å². The summed E-state index contributed by atoms with van der Waals surface area (Å²) in [6.07, 6.45) is 1.25. The Bertz CT molecular complexity index is 454. The van der Waals surface area contributed by atoms with Gasteiger partial charge in [-0.05, 0) is 13.0 Å². The number of methoxy groups -OCH3 is 1. The molecule has 0 N–H and O–H groups in total. The van der Waals surface area contributed by atoms with Crippen LogP contribution in [0.25, 0.3) is 0 Å². The molecule has 3 nitrogen and oxygen atoms in total. The van der Waals surface area contributed by atoms with E-state index < -0.39 is 0 Å². The van der Waals surface area contributed by atoms with Gasteiger partial charge < -0.3 is 4.74 Å². The van der Waals surface area contributed by atoms with Gasteiger partial charge in [0.1, 0.15) is 0 Å². The van der Waals surface area contributed by atoms with Crippen LogP contribution in [-0.4, -0.2) is 18.7 Å². The predicted octanol–water partition coefficient (Wildman–Crippen LogP) is 1.97. The van der Waals surface area contributed by atoms with Gasteiger partial charge in [0.2, 0.25) is 5.78 Å². The summed E-state index contributed by atoms with van der Waals surface area (Å²) >= 11 is 1.34. The summed E-state index contributed by atoms with van der Waals surface area (Å²) in [5.41, 5.74) is 0.469. The molecular formula is C10H8O3S. The molecule has 1 aromatic rings. The SMILES string of the molecule is COC1=CC(=O)c2sc(C)cc2C1=O. The molecule has 0 atom stereocenters. The standard InChI is InChI=1S/C10H8O3S/c1-5-3-6-9(12)8(13-2)4-7(11)10(6)14-5/h3-4H,1-2H3. The van der Waals surface area contributed by atoms with E-state index in [1.165, 1.54) is 24.5 Å². The maximum atomic E-state index is 11.7. The molecule has 1 aliphatic carbocycles. The van der Waals surface area contributed by atoms with Crippen molar-refractivity contribution in [3.8, 4) is 0 Å². The number of hydrogen-bond donors (Lipinski definition) is 0. The summed E-state index contributed by atoms with van der Waals surface area (Å²) in [7, 11) is 1.39. The number of allylic oxidation sites excluding steroid dienone is 2. The second kappa shape index (κ2) is 3.06. The van der Waals surface area contributed by atoms with E-state index >= 15 is 0 Å². The normalized spacial score (nSPS) is 15.1. The van der Waals surface area contributed by atoms with Crippen molar-refractivity contribution in [3.05, 3.63) is 33.2 Å². The third-order valence-corrected chi connectivity index (χ3v) is 3.09. The fourth-order valence-electron chi connectivity index (χ4n) is 1.40. The molecule has 72 valence electrons. The Morgan fingerprint density at radius 2 is 2.07 bits per heavy atom. The highest BCUT2D eigenvalue weighted by Crippen LogP contribution is 2.28. The highest BCUT2D eigenvalue weighted by atomic mass is 32.1. The number of hydrogen-bond acceptors (Lipinski definition) is 4. The minimum absolute atomic E-state index is 0.125. The molecule has 0 unspecified atom stereocenters. The van der Waals surface area contributed by atoms with Crippen LogP contribution in [0.3, 0.4) is 0 Å². The van der Waals surface area contributed by atoms with E-state index in [4.69, 9.17) is 4.74 Å². The number of aryl methyl sites for hydroxylation is 1. The summed E-state index contributed by atoms with van der Waals surface area (Å²) in [5.74, 6) is -0.221. The lowest BCUT2D eigenvalue weighted by molar-refractivity contribution is 0.0919. The number of rotatable bonds is 1. The number of Topliss-reactive ketones (excluding diaryl/α,β-unsaturated/α-hetero) is 1. The summed E-state index contributed by atoms with van der Waals surface area (Å²) in [5, 5.41) is 0. The molecule has 0 amide bonds. The molecule has 0 aromatic carbocycles. The smallest absolute Gasteiger partial charge is 0.229 e. The van der Waals surface area contributed by atoms with Gasteiger partial charge in [-0.2, -0.15) is 0 Å². The quantitative estimate of drug-likeness (QED) is 0.708. The zero-order chi connectivity index (χ0) is 10.3. The van der Waals surface area contributed by atoms with Gasteiger partial charge in [-0.25, -0.2) is 0 Å². The van der Waals surface area contributed by atoms with E-state index in [0.29, 0.717) is 10.4 Å². The molecular weight excluding hydrogens is 200 g/mol. The largest absolute Gasteiger partial charge is 0.492 e. The first kappa shape index (κ1) is 9.15. The molecule has 0 bridgehead atoms. The molecule has 4 heteroatoms.